The Hall–Kier alpha value is -3.03. The molecule has 1 aliphatic carbocycles. The number of ether oxygens (including phenoxy) is 1. The lowest BCUT2D eigenvalue weighted by atomic mass is 10.1. The van der Waals surface area contributed by atoms with Gasteiger partial charge in [-0.05, 0) is 63.1 Å². The Balaban J connectivity index is 1.73. The fraction of sp³-hybridized carbons (Fsp3) is 0.542. The topological polar surface area (TPSA) is 110 Å². The molecule has 1 heterocycles. The van der Waals surface area contributed by atoms with E-state index in [-0.39, 0.29) is 36.5 Å². The van der Waals surface area contributed by atoms with Crippen molar-refractivity contribution in [3.63, 3.8) is 0 Å². The number of aromatic amines is 1. The first-order valence-corrected chi connectivity index (χ1v) is 11.6. The van der Waals surface area contributed by atoms with Crippen LogP contribution in [0.15, 0.2) is 33.9 Å². The maximum atomic E-state index is 13.0. The summed E-state index contributed by atoms with van der Waals surface area (Å²) in [5.74, 6) is 0.653. The summed E-state index contributed by atoms with van der Waals surface area (Å²) in [6.45, 7) is 4.46. The van der Waals surface area contributed by atoms with Gasteiger partial charge in [-0.2, -0.15) is 0 Å². The van der Waals surface area contributed by atoms with Crippen molar-refractivity contribution >= 4 is 17.4 Å². The molecule has 0 spiro atoms. The van der Waals surface area contributed by atoms with E-state index in [4.69, 9.17) is 10.5 Å². The Morgan fingerprint density at radius 2 is 2.00 bits per heavy atom. The van der Waals surface area contributed by atoms with Crippen molar-refractivity contribution in [1.29, 1.82) is 0 Å². The zero-order chi connectivity index (χ0) is 23.1. The molecule has 0 unspecified atom stereocenters. The van der Waals surface area contributed by atoms with Gasteiger partial charge >= 0.3 is 5.69 Å². The lowest BCUT2D eigenvalue weighted by Crippen LogP contribution is -2.41. The van der Waals surface area contributed by atoms with E-state index in [2.05, 4.69) is 4.98 Å². The second-order valence-corrected chi connectivity index (χ2v) is 8.31. The summed E-state index contributed by atoms with van der Waals surface area (Å²) in [5, 5.41) is 0. The maximum absolute atomic E-state index is 13.0. The highest BCUT2D eigenvalue weighted by molar-refractivity contribution is 5.95. The van der Waals surface area contributed by atoms with Crippen LogP contribution in [0.4, 0.5) is 11.5 Å². The summed E-state index contributed by atoms with van der Waals surface area (Å²) in [6, 6.07) is 7.83. The van der Waals surface area contributed by atoms with Crippen LogP contribution in [0.25, 0.3) is 0 Å². The number of hydrogen-bond donors (Lipinski definition) is 2. The number of amides is 1. The van der Waals surface area contributed by atoms with Crippen molar-refractivity contribution in [3.8, 4) is 5.75 Å². The van der Waals surface area contributed by atoms with E-state index in [9.17, 15) is 14.4 Å². The fourth-order valence-electron chi connectivity index (χ4n) is 4.19. The third kappa shape index (κ3) is 5.60. The number of anilines is 2. The minimum Gasteiger partial charge on any atom is -0.490 e. The molecule has 0 aliphatic heterocycles. The molecule has 32 heavy (non-hydrogen) atoms. The number of rotatable bonds is 10. The molecule has 2 aromatic rings. The number of nitrogens with two attached hydrogens (primary N) is 1. The Kier molecular flexibility index (Phi) is 8.14. The van der Waals surface area contributed by atoms with Crippen molar-refractivity contribution < 1.29 is 9.53 Å². The van der Waals surface area contributed by atoms with Crippen LogP contribution in [-0.4, -0.2) is 28.1 Å². The van der Waals surface area contributed by atoms with Gasteiger partial charge in [0.05, 0.1) is 6.10 Å². The Bertz CT molecular complexity index is 1040. The van der Waals surface area contributed by atoms with E-state index in [1.165, 1.54) is 22.3 Å². The number of H-pyrrole nitrogens is 1. The van der Waals surface area contributed by atoms with Crippen molar-refractivity contribution in [2.24, 2.45) is 0 Å². The predicted molar refractivity (Wildman–Crippen MR) is 126 cm³/mol. The van der Waals surface area contributed by atoms with Gasteiger partial charge in [0.25, 0.3) is 5.56 Å². The molecule has 1 aromatic carbocycles. The van der Waals surface area contributed by atoms with E-state index in [0.717, 1.165) is 37.0 Å². The Morgan fingerprint density at radius 3 is 2.69 bits per heavy atom. The molecular weight excluding hydrogens is 408 g/mol. The first kappa shape index (κ1) is 23.6. The standard InChI is InChI=1S/C24H34N4O4/c1-3-5-15-28-22(25)21(23(30)26-24(28)31)27(4-2)20(29)14-13-17-9-8-12-19(16-17)32-18-10-6-7-11-18/h8-9,12,16,18H,3-7,10-11,13-15,25H2,1-2H3,(H,26,30,31). The van der Waals surface area contributed by atoms with Crippen molar-refractivity contribution in [2.75, 3.05) is 17.2 Å². The van der Waals surface area contributed by atoms with E-state index in [1.54, 1.807) is 6.92 Å². The minimum absolute atomic E-state index is 0.0364. The van der Waals surface area contributed by atoms with E-state index in [1.807, 2.05) is 31.2 Å². The quantitative estimate of drug-likeness (QED) is 0.587. The summed E-state index contributed by atoms with van der Waals surface area (Å²) >= 11 is 0. The predicted octanol–water partition coefficient (Wildman–Crippen LogP) is 3.23. The van der Waals surface area contributed by atoms with Crippen LogP contribution in [0.5, 0.6) is 5.75 Å². The third-order valence-corrected chi connectivity index (χ3v) is 5.97. The number of benzene rings is 1. The molecule has 1 amide bonds. The monoisotopic (exact) mass is 442 g/mol. The van der Waals surface area contributed by atoms with Crippen LogP contribution in [0.3, 0.4) is 0 Å². The van der Waals surface area contributed by atoms with Gasteiger partial charge in [0, 0.05) is 19.5 Å². The highest BCUT2D eigenvalue weighted by Gasteiger charge is 2.23. The van der Waals surface area contributed by atoms with Crippen LogP contribution >= 0.6 is 0 Å². The van der Waals surface area contributed by atoms with Gasteiger partial charge in [0.15, 0.2) is 5.69 Å². The van der Waals surface area contributed by atoms with Crippen molar-refractivity contribution in [1.82, 2.24) is 9.55 Å². The van der Waals surface area contributed by atoms with E-state index >= 15 is 0 Å². The average Bonchev–Trinajstić information content (AvgIpc) is 3.28. The molecule has 1 aromatic heterocycles. The molecule has 1 aliphatic rings. The lowest BCUT2D eigenvalue weighted by Gasteiger charge is -2.23. The van der Waals surface area contributed by atoms with Crippen LogP contribution in [0, 0.1) is 0 Å². The van der Waals surface area contributed by atoms with Crippen molar-refractivity contribution in [2.45, 2.75) is 77.9 Å². The third-order valence-electron chi connectivity index (χ3n) is 5.97. The molecule has 0 bridgehead atoms. The van der Waals surface area contributed by atoms with Gasteiger partial charge in [-0.3, -0.25) is 19.1 Å². The zero-order valence-electron chi connectivity index (χ0n) is 19.1. The van der Waals surface area contributed by atoms with Gasteiger partial charge in [-0.1, -0.05) is 25.5 Å². The molecular formula is C24H34N4O4. The highest BCUT2D eigenvalue weighted by atomic mass is 16.5. The molecule has 0 radical (unpaired) electrons. The van der Waals surface area contributed by atoms with Crippen LogP contribution in [0.2, 0.25) is 0 Å². The normalized spacial score (nSPS) is 13.9. The van der Waals surface area contributed by atoms with Crippen LogP contribution in [-0.2, 0) is 17.8 Å². The molecule has 174 valence electrons. The number of nitrogen functional groups attached to an aromatic ring is 1. The fourth-order valence-corrected chi connectivity index (χ4v) is 4.19. The van der Waals surface area contributed by atoms with Gasteiger partial charge < -0.3 is 15.4 Å². The maximum Gasteiger partial charge on any atom is 0.330 e. The largest absolute Gasteiger partial charge is 0.490 e. The lowest BCUT2D eigenvalue weighted by molar-refractivity contribution is -0.118. The minimum atomic E-state index is -0.637. The number of aromatic nitrogens is 2. The Labute approximate surface area is 188 Å². The summed E-state index contributed by atoms with van der Waals surface area (Å²) in [5.41, 5.74) is 6.04. The SMILES string of the molecule is CCCCn1c(N)c(N(CC)C(=O)CCc2cccc(OC3CCCC3)c2)c(=O)[nH]c1=O. The van der Waals surface area contributed by atoms with Gasteiger partial charge in [0.2, 0.25) is 5.91 Å². The molecule has 3 N–H and O–H groups in total. The first-order chi connectivity index (χ1) is 15.4. The van der Waals surface area contributed by atoms with Crippen LogP contribution < -0.4 is 26.6 Å². The second kappa shape index (κ2) is 11.0. The number of carbonyl (C=O) groups excluding carboxylic acids is 1. The van der Waals surface area contributed by atoms with E-state index in [0.29, 0.717) is 13.0 Å². The smallest absolute Gasteiger partial charge is 0.330 e. The number of aryl methyl sites for hydroxylation is 1. The molecule has 0 atom stereocenters. The van der Waals surface area contributed by atoms with Gasteiger partial charge in [-0.25, -0.2) is 4.79 Å². The first-order valence-electron chi connectivity index (χ1n) is 11.6. The molecule has 8 nitrogen and oxygen atoms in total. The summed E-state index contributed by atoms with van der Waals surface area (Å²) < 4.78 is 7.39. The number of nitrogens with zero attached hydrogens (tertiary/aromatic N) is 2. The zero-order valence-corrected chi connectivity index (χ0v) is 19.1. The second-order valence-electron chi connectivity index (χ2n) is 8.31. The summed E-state index contributed by atoms with van der Waals surface area (Å²) in [4.78, 5) is 41.4. The molecule has 0 saturated heterocycles. The average molecular weight is 443 g/mol. The molecule has 1 saturated carbocycles. The Morgan fingerprint density at radius 1 is 1.25 bits per heavy atom. The molecule has 3 rings (SSSR count). The number of unbranched alkanes of at least 4 members (excludes halogenated alkanes) is 1. The van der Waals surface area contributed by atoms with Gasteiger partial charge in [0.1, 0.15) is 11.6 Å². The number of carbonyl (C=O) groups is 1. The molecule has 8 heteroatoms. The summed E-state index contributed by atoms with van der Waals surface area (Å²) in [6.07, 6.45) is 7.22. The van der Waals surface area contributed by atoms with Gasteiger partial charge in [-0.15, -0.1) is 0 Å². The van der Waals surface area contributed by atoms with E-state index < -0.39 is 11.2 Å². The summed E-state index contributed by atoms with van der Waals surface area (Å²) in [7, 11) is 0. The number of hydrogen-bond acceptors (Lipinski definition) is 5. The molecule has 1 fully saturated rings. The highest BCUT2D eigenvalue weighted by Crippen LogP contribution is 2.25. The van der Waals surface area contributed by atoms with Crippen LogP contribution in [0.1, 0.15) is 64.4 Å². The van der Waals surface area contributed by atoms with Crippen molar-refractivity contribution in [3.05, 3.63) is 50.7 Å². The number of nitrogens with one attached hydrogen (secondary N) is 1.